The van der Waals surface area contributed by atoms with E-state index in [0.717, 1.165) is 24.8 Å². The van der Waals surface area contributed by atoms with Crippen LogP contribution in [0.15, 0.2) is 18.2 Å². The van der Waals surface area contributed by atoms with E-state index in [0.29, 0.717) is 5.75 Å². The van der Waals surface area contributed by atoms with Crippen molar-refractivity contribution in [1.29, 1.82) is 0 Å². The molecule has 1 aromatic rings. The van der Waals surface area contributed by atoms with Gasteiger partial charge >= 0.3 is 0 Å². The Labute approximate surface area is 120 Å². The lowest BCUT2D eigenvalue weighted by Gasteiger charge is -2.22. The van der Waals surface area contributed by atoms with Gasteiger partial charge in [-0.05, 0) is 63.3 Å². The monoisotopic (exact) mass is 277 g/mol. The molecule has 110 valence electrons. The number of ether oxygens (including phenoxy) is 1. The molecule has 0 aromatic heterocycles. The molecule has 4 heteroatoms. The van der Waals surface area contributed by atoms with Crippen molar-refractivity contribution >= 4 is 5.91 Å². The summed E-state index contributed by atoms with van der Waals surface area (Å²) in [4.78, 5) is 11.7. The van der Waals surface area contributed by atoms with Gasteiger partial charge in [-0.1, -0.05) is 6.07 Å². The molecule has 1 amide bonds. The summed E-state index contributed by atoms with van der Waals surface area (Å²) in [5.74, 6) is 0.490. The Morgan fingerprint density at radius 2 is 2.20 bits per heavy atom. The van der Waals surface area contributed by atoms with Crippen molar-refractivity contribution in [3.8, 4) is 5.75 Å². The lowest BCUT2D eigenvalue weighted by molar-refractivity contribution is -0.124. The number of nitrogens with one attached hydrogen (secondary N) is 1. The van der Waals surface area contributed by atoms with Gasteiger partial charge in [0.15, 0.2) is 6.61 Å². The Bertz CT molecular complexity index is 491. The van der Waals surface area contributed by atoms with Crippen LogP contribution in [0.1, 0.15) is 50.8 Å². The van der Waals surface area contributed by atoms with Gasteiger partial charge in [-0.2, -0.15) is 0 Å². The highest BCUT2D eigenvalue weighted by Crippen LogP contribution is 2.32. The van der Waals surface area contributed by atoms with Crippen molar-refractivity contribution in [3.63, 3.8) is 0 Å². The standard InChI is InChI=1S/C16H23NO3/c1-16(2,3)17-15(19)10-20-12-8-7-11-5-4-6-14(18)13(11)9-12/h7-9,14,18H,4-6,10H2,1-3H3,(H,17,19)/t14-/m0/s1. The first-order valence-electron chi connectivity index (χ1n) is 7.10. The molecule has 1 aliphatic rings. The minimum Gasteiger partial charge on any atom is -0.484 e. The first-order chi connectivity index (χ1) is 9.35. The molecule has 0 heterocycles. The number of carbonyl (C=O) groups is 1. The van der Waals surface area contributed by atoms with Crippen LogP contribution < -0.4 is 10.1 Å². The summed E-state index contributed by atoms with van der Waals surface area (Å²) in [6.07, 6.45) is 2.39. The molecule has 1 aliphatic carbocycles. The lowest BCUT2D eigenvalue weighted by Crippen LogP contribution is -2.43. The van der Waals surface area contributed by atoms with Gasteiger partial charge in [0.2, 0.25) is 0 Å². The molecule has 0 radical (unpaired) electrons. The molecule has 1 atom stereocenters. The molecule has 1 aromatic carbocycles. The van der Waals surface area contributed by atoms with Crippen molar-refractivity contribution < 1.29 is 14.6 Å². The van der Waals surface area contributed by atoms with E-state index in [4.69, 9.17) is 4.74 Å². The number of hydrogen-bond acceptors (Lipinski definition) is 3. The molecule has 0 spiro atoms. The second-order valence-electron chi connectivity index (χ2n) is 6.36. The predicted molar refractivity (Wildman–Crippen MR) is 77.7 cm³/mol. The van der Waals surface area contributed by atoms with Crippen molar-refractivity contribution in [2.24, 2.45) is 0 Å². The Hall–Kier alpha value is -1.55. The molecular formula is C16H23NO3. The van der Waals surface area contributed by atoms with Crippen molar-refractivity contribution in [2.75, 3.05) is 6.61 Å². The molecule has 4 nitrogen and oxygen atoms in total. The minimum atomic E-state index is -0.411. The van der Waals surface area contributed by atoms with Crippen LogP contribution in [-0.4, -0.2) is 23.2 Å². The topological polar surface area (TPSA) is 58.6 Å². The van der Waals surface area contributed by atoms with Gasteiger partial charge < -0.3 is 15.2 Å². The van der Waals surface area contributed by atoms with Crippen LogP contribution in [0.4, 0.5) is 0 Å². The number of hydrogen-bond donors (Lipinski definition) is 2. The summed E-state index contributed by atoms with van der Waals surface area (Å²) in [7, 11) is 0. The van der Waals surface area contributed by atoms with Crippen LogP contribution in [-0.2, 0) is 11.2 Å². The molecule has 2 rings (SSSR count). The lowest BCUT2D eigenvalue weighted by atomic mass is 9.89. The second kappa shape index (κ2) is 5.83. The van der Waals surface area contributed by atoms with E-state index >= 15 is 0 Å². The third kappa shape index (κ3) is 3.97. The maximum atomic E-state index is 11.7. The van der Waals surface area contributed by atoms with E-state index in [1.807, 2.05) is 39.0 Å². The number of rotatable bonds is 3. The number of carbonyl (C=O) groups excluding carboxylic acids is 1. The van der Waals surface area contributed by atoms with Crippen molar-refractivity contribution in [2.45, 2.75) is 51.7 Å². The largest absolute Gasteiger partial charge is 0.484 e. The number of amides is 1. The second-order valence-corrected chi connectivity index (χ2v) is 6.36. The van der Waals surface area contributed by atoms with E-state index < -0.39 is 6.10 Å². The first-order valence-corrected chi connectivity index (χ1v) is 7.10. The van der Waals surface area contributed by atoms with Gasteiger partial charge in [-0.25, -0.2) is 0 Å². The smallest absolute Gasteiger partial charge is 0.258 e. The molecule has 0 aliphatic heterocycles. The third-order valence-corrected chi connectivity index (χ3v) is 3.28. The summed E-state index contributed by atoms with van der Waals surface area (Å²) < 4.78 is 5.50. The first kappa shape index (κ1) is 14.9. The summed E-state index contributed by atoms with van der Waals surface area (Å²) >= 11 is 0. The average molecular weight is 277 g/mol. The van der Waals surface area contributed by atoms with Crippen molar-refractivity contribution in [3.05, 3.63) is 29.3 Å². The molecule has 0 bridgehead atoms. The number of aliphatic hydroxyl groups is 1. The Kier molecular flexibility index (Phi) is 4.33. The molecule has 0 saturated heterocycles. The van der Waals surface area contributed by atoms with E-state index in [1.165, 1.54) is 5.56 Å². The highest BCUT2D eigenvalue weighted by molar-refractivity contribution is 5.78. The maximum Gasteiger partial charge on any atom is 0.258 e. The van der Waals surface area contributed by atoms with Gasteiger partial charge in [0.25, 0.3) is 5.91 Å². The zero-order chi connectivity index (χ0) is 14.8. The molecule has 2 N–H and O–H groups in total. The van der Waals surface area contributed by atoms with Gasteiger partial charge in [0.1, 0.15) is 5.75 Å². The third-order valence-electron chi connectivity index (χ3n) is 3.28. The average Bonchev–Trinajstić information content (AvgIpc) is 2.35. The van der Waals surface area contributed by atoms with Gasteiger partial charge in [0.05, 0.1) is 6.10 Å². The Balaban J connectivity index is 1.97. The Morgan fingerprint density at radius 3 is 2.90 bits per heavy atom. The van der Waals surface area contributed by atoms with Gasteiger partial charge in [-0.3, -0.25) is 4.79 Å². The van der Waals surface area contributed by atoms with Crippen LogP contribution in [0.5, 0.6) is 5.75 Å². The van der Waals surface area contributed by atoms with Crippen LogP contribution in [0, 0.1) is 0 Å². The number of aryl methyl sites for hydroxylation is 1. The quantitative estimate of drug-likeness (QED) is 0.891. The summed E-state index contributed by atoms with van der Waals surface area (Å²) in [6.45, 7) is 5.78. The number of benzene rings is 1. The van der Waals surface area contributed by atoms with E-state index in [1.54, 1.807) is 0 Å². The molecule has 20 heavy (non-hydrogen) atoms. The fourth-order valence-electron chi connectivity index (χ4n) is 2.45. The summed E-state index contributed by atoms with van der Waals surface area (Å²) in [5, 5.41) is 12.8. The van der Waals surface area contributed by atoms with E-state index in [2.05, 4.69) is 5.32 Å². The Morgan fingerprint density at radius 1 is 1.45 bits per heavy atom. The van der Waals surface area contributed by atoms with E-state index in [9.17, 15) is 9.90 Å². The number of fused-ring (bicyclic) bond motifs is 1. The van der Waals surface area contributed by atoms with Crippen LogP contribution in [0.25, 0.3) is 0 Å². The maximum absolute atomic E-state index is 11.7. The van der Waals surface area contributed by atoms with E-state index in [-0.39, 0.29) is 18.1 Å². The van der Waals surface area contributed by atoms with Crippen LogP contribution >= 0.6 is 0 Å². The zero-order valence-corrected chi connectivity index (χ0v) is 12.4. The molecule has 0 unspecified atom stereocenters. The van der Waals surface area contributed by atoms with Crippen LogP contribution in [0.2, 0.25) is 0 Å². The highest BCUT2D eigenvalue weighted by Gasteiger charge is 2.19. The summed E-state index contributed by atoms with van der Waals surface area (Å²) in [5.41, 5.74) is 1.85. The normalized spacial score (nSPS) is 18.3. The fraction of sp³-hybridized carbons (Fsp3) is 0.562. The van der Waals surface area contributed by atoms with Gasteiger partial charge in [0, 0.05) is 5.54 Å². The summed E-state index contributed by atoms with van der Waals surface area (Å²) in [6, 6.07) is 5.69. The zero-order valence-electron chi connectivity index (χ0n) is 12.4. The van der Waals surface area contributed by atoms with Crippen LogP contribution in [0.3, 0.4) is 0 Å². The predicted octanol–water partition coefficient (Wildman–Crippen LogP) is 2.35. The number of aliphatic hydroxyl groups excluding tert-OH is 1. The minimum absolute atomic E-state index is 0.00779. The SMILES string of the molecule is CC(C)(C)NC(=O)COc1ccc2c(c1)[C@@H](O)CCC2. The molecule has 0 saturated carbocycles. The molecule has 0 fully saturated rings. The van der Waals surface area contributed by atoms with Crippen molar-refractivity contribution in [1.82, 2.24) is 5.32 Å². The fourth-order valence-corrected chi connectivity index (χ4v) is 2.45. The highest BCUT2D eigenvalue weighted by atomic mass is 16.5. The molecular weight excluding hydrogens is 254 g/mol. The van der Waals surface area contributed by atoms with Gasteiger partial charge in [-0.15, -0.1) is 0 Å².